The summed E-state index contributed by atoms with van der Waals surface area (Å²) in [6.07, 6.45) is -1.51. The van der Waals surface area contributed by atoms with Gasteiger partial charge in [0.2, 0.25) is 6.10 Å². The predicted molar refractivity (Wildman–Crippen MR) is 93.2 cm³/mol. The van der Waals surface area contributed by atoms with E-state index in [4.69, 9.17) is 16.3 Å². The van der Waals surface area contributed by atoms with Crippen molar-refractivity contribution < 1.29 is 27.9 Å². The maximum Gasteiger partial charge on any atom is 0.340 e. The molecule has 0 heterocycles. The third kappa shape index (κ3) is 5.24. The number of benzene rings is 2. The fourth-order valence-electron chi connectivity index (χ4n) is 2.13. The second-order valence-corrected chi connectivity index (χ2v) is 5.70. The van der Waals surface area contributed by atoms with Crippen molar-refractivity contribution in [1.29, 1.82) is 0 Å². The first kappa shape index (κ1) is 20.3. The molecule has 0 unspecified atom stereocenters. The van der Waals surface area contributed by atoms with Crippen LogP contribution in [0.1, 0.15) is 28.9 Å². The lowest BCUT2D eigenvalue weighted by Gasteiger charge is -2.18. The molecule has 1 atom stereocenters. The van der Waals surface area contributed by atoms with E-state index in [1.807, 2.05) is 5.32 Å². The molecule has 27 heavy (non-hydrogen) atoms. The summed E-state index contributed by atoms with van der Waals surface area (Å²) in [4.78, 5) is 36.3. The number of esters is 1. The number of rotatable bonds is 5. The van der Waals surface area contributed by atoms with Crippen molar-refractivity contribution in [2.75, 3.05) is 6.54 Å². The molecule has 0 aliphatic carbocycles. The molecule has 142 valence electrons. The Bertz CT molecular complexity index is 862. The zero-order valence-corrected chi connectivity index (χ0v) is 14.8. The van der Waals surface area contributed by atoms with Gasteiger partial charge in [0.05, 0.1) is 10.6 Å². The minimum absolute atomic E-state index is 0.270. The third-order valence-corrected chi connectivity index (χ3v) is 3.68. The minimum Gasteiger partial charge on any atom is -0.444 e. The van der Waals surface area contributed by atoms with Crippen LogP contribution in [0.3, 0.4) is 0 Å². The molecule has 0 spiro atoms. The summed E-state index contributed by atoms with van der Waals surface area (Å²) in [6, 6.07) is 8.30. The first-order valence-electron chi connectivity index (χ1n) is 7.82. The van der Waals surface area contributed by atoms with Crippen LogP contribution in [0.15, 0.2) is 42.5 Å². The number of nitrogens with one attached hydrogen (secondary N) is 2. The van der Waals surface area contributed by atoms with Crippen LogP contribution in [0.5, 0.6) is 0 Å². The van der Waals surface area contributed by atoms with Gasteiger partial charge in [0.15, 0.2) is 11.6 Å². The van der Waals surface area contributed by atoms with Crippen molar-refractivity contribution in [1.82, 2.24) is 10.6 Å². The van der Waals surface area contributed by atoms with Gasteiger partial charge in [0, 0.05) is 12.1 Å². The molecular formula is C18H15ClF2N2O4. The van der Waals surface area contributed by atoms with Crippen LogP contribution in [0.25, 0.3) is 0 Å². The number of hydrogen-bond acceptors (Lipinski definition) is 4. The lowest BCUT2D eigenvalue weighted by molar-refractivity contribution is -0.129. The van der Waals surface area contributed by atoms with E-state index < -0.39 is 41.2 Å². The van der Waals surface area contributed by atoms with Crippen LogP contribution >= 0.6 is 11.6 Å². The number of carbonyl (C=O) groups is 3. The summed E-state index contributed by atoms with van der Waals surface area (Å²) in [5.41, 5.74) is -0.186. The number of halogens is 3. The van der Waals surface area contributed by atoms with E-state index in [0.717, 1.165) is 0 Å². The zero-order chi connectivity index (χ0) is 20.0. The van der Waals surface area contributed by atoms with Crippen LogP contribution in [-0.2, 0) is 9.53 Å². The van der Waals surface area contributed by atoms with Gasteiger partial charge in [0.25, 0.3) is 5.91 Å². The molecule has 0 fully saturated rings. The fraction of sp³-hybridized carbons (Fsp3) is 0.167. The van der Waals surface area contributed by atoms with Crippen LogP contribution in [0, 0.1) is 11.6 Å². The van der Waals surface area contributed by atoms with Gasteiger partial charge in [-0.05, 0) is 19.1 Å². The molecule has 2 rings (SSSR count). The first-order chi connectivity index (χ1) is 12.8. The number of hydrogen-bond donors (Lipinski definition) is 2. The van der Waals surface area contributed by atoms with Gasteiger partial charge in [0.1, 0.15) is 0 Å². The molecule has 0 aliphatic rings. The Morgan fingerprint density at radius 2 is 1.74 bits per heavy atom. The van der Waals surface area contributed by atoms with Crippen molar-refractivity contribution in [3.05, 3.63) is 70.2 Å². The summed E-state index contributed by atoms with van der Waals surface area (Å²) in [6.45, 7) is 1.93. The van der Waals surface area contributed by atoms with Gasteiger partial charge < -0.3 is 10.1 Å². The monoisotopic (exact) mass is 396 g/mol. The standard InChI is InChI=1S/C18H15ClF2N2O4/c1-2-22-18(26)23-16(24)15(10-6-4-3-5-7-10)27-17(25)11-8-13(20)14(21)9-12(11)19/h3-9,15H,2H2,1H3,(H2,22,23,24,26)/t15-/m0/s1. The predicted octanol–water partition coefficient (Wildman–Crippen LogP) is 3.36. The Hall–Kier alpha value is -3.00. The van der Waals surface area contributed by atoms with E-state index in [2.05, 4.69) is 5.32 Å². The second-order valence-electron chi connectivity index (χ2n) is 5.29. The van der Waals surface area contributed by atoms with E-state index in [1.165, 1.54) is 12.1 Å². The highest BCUT2D eigenvalue weighted by atomic mass is 35.5. The van der Waals surface area contributed by atoms with Gasteiger partial charge in [-0.15, -0.1) is 0 Å². The SMILES string of the molecule is CCNC(=O)NC(=O)[C@@H](OC(=O)c1cc(F)c(F)cc1Cl)c1ccccc1. The molecule has 0 saturated carbocycles. The lowest BCUT2D eigenvalue weighted by atomic mass is 10.1. The van der Waals surface area contributed by atoms with Gasteiger partial charge in [-0.3, -0.25) is 10.1 Å². The average Bonchev–Trinajstić information content (AvgIpc) is 2.63. The largest absolute Gasteiger partial charge is 0.444 e. The van der Waals surface area contributed by atoms with E-state index in [0.29, 0.717) is 12.1 Å². The Labute approximate surface area is 158 Å². The molecule has 0 aromatic heterocycles. The quantitative estimate of drug-likeness (QED) is 0.599. The highest BCUT2D eigenvalue weighted by Gasteiger charge is 2.28. The Balaban J connectivity index is 2.29. The number of imide groups is 1. The summed E-state index contributed by atoms with van der Waals surface area (Å²) >= 11 is 5.76. The maximum atomic E-state index is 13.4. The summed E-state index contributed by atoms with van der Waals surface area (Å²) < 4.78 is 31.7. The molecular weight excluding hydrogens is 382 g/mol. The van der Waals surface area contributed by atoms with Crippen LogP contribution in [0.2, 0.25) is 5.02 Å². The summed E-state index contributed by atoms with van der Waals surface area (Å²) in [5, 5.41) is 4.03. The Kier molecular flexibility index (Phi) is 6.84. The summed E-state index contributed by atoms with van der Waals surface area (Å²) in [7, 11) is 0. The first-order valence-corrected chi connectivity index (χ1v) is 8.20. The second kappa shape index (κ2) is 9.09. The van der Waals surface area contributed by atoms with E-state index in [1.54, 1.807) is 25.1 Å². The molecule has 3 amide bonds. The molecule has 2 aromatic carbocycles. The Morgan fingerprint density at radius 3 is 2.37 bits per heavy atom. The van der Waals surface area contributed by atoms with Crippen molar-refractivity contribution in [2.24, 2.45) is 0 Å². The molecule has 6 nitrogen and oxygen atoms in total. The van der Waals surface area contributed by atoms with E-state index in [9.17, 15) is 23.2 Å². The molecule has 0 aliphatic heterocycles. The van der Waals surface area contributed by atoms with Gasteiger partial charge in [-0.25, -0.2) is 18.4 Å². The fourth-order valence-corrected chi connectivity index (χ4v) is 2.36. The highest BCUT2D eigenvalue weighted by Crippen LogP contribution is 2.25. The van der Waals surface area contributed by atoms with Gasteiger partial charge in [-0.2, -0.15) is 0 Å². The van der Waals surface area contributed by atoms with Crippen LogP contribution in [0.4, 0.5) is 13.6 Å². The Morgan fingerprint density at radius 1 is 1.11 bits per heavy atom. The maximum absolute atomic E-state index is 13.4. The molecule has 0 saturated heterocycles. The normalized spacial score (nSPS) is 11.4. The van der Waals surface area contributed by atoms with Gasteiger partial charge >= 0.3 is 12.0 Å². The van der Waals surface area contributed by atoms with E-state index in [-0.39, 0.29) is 17.1 Å². The van der Waals surface area contributed by atoms with Gasteiger partial charge in [-0.1, -0.05) is 41.9 Å². The van der Waals surface area contributed by atoms with Crippen molar-refractivity contribution in [3.63, 3.8) is 0 Å². The highest BCUT2D eigenvalue weighted by molar-refractivity contribution is 6.33. The minimum atomic E-state index is -1.51. The molecule has 9 heteroatoms. The molecule has 2 N–H and O–H groups in total. The average molecular weight is 397 g/mol. The zero-order valence-electron chi connectivity index (χ0n) is 14.1. The third-order valence-electron chi connectivity index (χ3n) is 3.37. The number of amides is 3. The summed E-state index contributed by atoms with van der Waals surface area (Å²) in [5.74, 6) is -4.60. The van der Waals surface area contributed by atoms with Crippen molar-refractivity contribution in [3.8, 4) is 0 Å². The number of urea groups is 1. The molecule has 0 bridgehead atoms. The van der Waals surface area contributed by atoms with Crippen molar-refractivity contribution in [2.45, 2.75) is 13.0 Å². The van der Waals surface area contributed by atoms with Crippen LogP contribution in [-0.4, -0.2) is 24.5 Å². The van der Waals surface area contributed by atoms with Crippen molar-refractivity contribution >= 4 is 29.5 Å². The topological polar surface area (TPSA) is 84.5 Å². The number of ether oxygens (including phenoxy) is 1. The molecule has 2 aromatic rings. The van der Waals surface area contributed by atoms with Crippen LogP contribution < -0.4 is 10.6 Å². The lowest BCUT2D eigenvalue weighted by Crippen LogP contribution is -2.42. The van der Waals surface area contributed by atoms with E-state index >= 15 is 0 Å². The smallest absolute Gasteiger partial charge is 0.340 e. The molecule has 0 radical (unpaired) electrons. The number of carbonyl (C=O) groups excluding carboxylic acids is 3.